The standard InChI is InChI=1S/C10H17N3OS/c1-7-12-8(5-15-7)4-9(14)13-10(2,3)6-11/h5H,4,6,11H2,1-3H3,(H,13,14). The molecule has 0 saturated carbocycles. The molecule has 0 spiro atoms. The van der Waals surface area contributed by atoms with Crippen molar-refractivity contribution in [2.24, 2.45) is 5.73 Å². The monoisotopic (exact) mass is 227 g/mol. The van der Waals surface area contributed by atoms with Gasteiger partial charge in [-0.25, -0.2) is 4.98 Å². The Bertz CT molecular complexity index is 346. The predicted molar refractivity (Wildman–Crippen MR) is 61.8 cm³/mol. The van der Waals surface area contributed by atoms with Crippen molar-refractivity contribution >= 4 is 17.2 Å². The van der Waals surface area contributed by atoms with Gasteiger partial charge in [-0.05, 0) is 20.8 Å². The number of carbonyl (C=O) groups excluding carboxylic acids is 1. The minimum atomic E-state index is -0.345. The highest BCUT2D eigenvalue weighted by Crippen LogP contribution is 2.09. The van der Waals surface area contributed by atoms with Crippen molar-refractivity contribution in [2.75, 3.05) is 6.54 Å². The number of amides is 1. The third kappa shape index (κ3) is 3.97. The molecule has 0 aliphatic heterocycles. The fourth-order valence-electron chi connectivity index (χ4n) is 1.13. The Labute approximate surface area is 93.9 Å². The lowest BCUT2D eigenvalue weighted by molar-refractivity contribution is -0.121. The van der Waals surface area contributed by atoms with Crippen LogP contribution in [0.25, 0.3) is 0 Å². The van der Waals surface area contributed by atoms with Gasteiger partial charge >= 0.3 is 0 Å². The van der Waals surface area contributed by atoms with E-state index in [9.17, 15) is 4.79 Å². The Morgan fingerprint density at radius 3 is 2.80 bits per heavy atom. The van der Waals surface area contributed by atoms with E-state index >= 15 is 0 Å². The molecule has 5 heteroatoms. The average molecular weight is 227 g/mol. The number of aryl methyl sites for hydroxylation is 1. The topological polar surface area (TPSA) is 68.0 Å². The summed E-state index contributed by atoms with van der Waals surface area (Å²) < 4.78 is 0. The molecule has 1 amide bonds. The average Bonchev–Trinajstić information content (AvgIpc) is 2.50. The summed E-state index contributed by atoms with van der Waals surface area (Å²) in [5, 5.41) is 5.75. The van der Waals surface area contributed by atoms with Crippen molar-refractivity contribution in [3.8, 4) is 0 Å². The molecule has 0 radical (unpaired) electrons. The molecule has 1 aromatic heterocycles. The van der Waals surface area contributed by atoms with E-state index in [4.69, 9.17) is 5.73 Å². The van der Waals surface area contributed by atoms with Gasteiger partial charge in [0.15, 0.2) is 0 Å². The molecule has 1 heterocycles. The Balaban J connectivity index is 2.50. The van der Waals surface area contributed by atoms with Gasteiger partial charge in [0.2, 0.25) is 5.91 Å². The number of thiazole rings is 1. The molecule has 84 valence electrons. The molecule has 0 atom stereocenters. The molecule has 0 aromatic carbocycles. The second-order valence-electron chi connectivity index (χ2n) is 4.17. The molecule has 0 aliphatic carbocycles. The zero-order valence-corrected chi connectivity index (χ0v) is 10.1. The summed E-state index contributed by atoms with van der Waals surface area (Å²) in [5.41, 5.74) is 6.00. The van der Waals surface area contributed by atoms with Crippen LogP contribution in [-0.4, -0.2) is 23.0 Å². The first-order valence-electron chi connectivity index (χ1n) is 4.85. The van der Waals surface area contributed by atoms with Crippen LogP contribution in [0.2, 0.25) is 0 Å². The van der Waals surface area contributed by atoms with Crippen molar-refractivity contribution in [3.63, 3.8) is 0 Å². The van der Waals surface area contributed by atoms with E-state index in [1.165, 1.54) is 0 Å². The fraction of sp³-hybridized carbons (Fsp3) is 0.600. The number of hydrogen-bond acceptors (Lipinski definition) is 4. The normalized spacial score (nSPS) is 11.5. The highest BCUT2D eigenvalue weighted by atomic mass is 32.1. The van der Waals surface area contributed by atoms with Crippen molar-refractivity contribution in [2.45, 2.75) is 32.7 Å². The zero-order valence-electron chi connectivity index (χ0n) is 9.33. The van der Waals surface area contributed by atoms with Crippen LogP contribution >= 0.6 is 11.3 Å². The molecule has 0 aliphatic rings. The molecule has 4 nitrogen and oxygen atoms in total. The van der Waals surface area contributed by atoms with Gasteiger partial charge in [0, 0.05) is 17.5 Å². The lowest BCUT2D eigenvalue weighted by atomic mass is 10.1. The number of nitrogens with zero attached hydrogens (tertiary/aromatic N) is 1. The minimum absolute atomic E-state index is 0.0317. The van der Waals surface area contributed by atoms with Crippen molar-refractivity contribution in [1.82, 2.24) is 10.3 Å². The number of nitrogens with one attached hydrogen (secondary N) is 1. The van der Waals surface area contributed by atoms with Crippen molar-refractivity contribution in [1.29, 1.82) is 0 Å². The van der Waals surface area contributed by atoms with Gasteiger partial charge in [0.25, 0.3) is 0 Å². The van der Waals surface area contributed by atoms with E-state index in [-0.39, 0.29) is 11.4 Å². The van der Waals surface area contributed by atoms with Crippen LogP contribution in [0.3, 0.4) is 0 Å². The first-order valence-corrected chi connectivity index (χ1v) is 5.73. The Morgan fingerprint density at radius 2 is 2.33 bits per heavy atom. The quantitative estimate of drug-likeness (QED) is 0.801. The van der Waals surface area contributed by atoms with Gasteiger partial charge in [-0.3, -0.25) is 4.79 Å². The van der Waals surface area contributed by atoms with Crippen LogP contribution in [0, 0.1) is 6.92 Å². The van der Waals surface area contributed by atoms with E-state index < -0.39 is 0 Å². The number of hydrogen-bond donors (Lipinski definition) is 2. The molecular formula is C10H17N3OS. The SMILES string of the molecule is Cc1nc(CC(=O)NC(C)(C)CN)cs1. The van der Waals surface area contributed by atoms with Crippen LogP contribution in [0.5, 0.6) is 0 Å². The molecule has 0 unspecified atom stereocenters. The summed E-state index contributed by atoms with van der Waals surface area (Å²) in [5.74, 6) is -0.0317. The van der Waals surface area contributed by atoms with Gasteiger partial charge in [-0.1, -0.05) is 0 Å². The van der Waals surface area contributed by atoms with Gasteiger partial charge < -0.3 is 11.1 Å². The fourth-order valence-corrected chi connectivity index (χ4v) is 1.74. The predicted octanol–water partition coefficient (Wildman–Crippen LogP) is 0.848. The van der Waals surface area contributed by atoms with Crippen LogP contribution < -0.4 is 11.1 Å². The number of rotatable bonds is 4. The van der Waals surface area contributed by atoms with Crippen LogP contribution in [-0.2, 0) is 11.2 Å². The molecule has 3 N–H and O–H groups in total. The third-order valence-corrected chi connectivity index (χ3v) is 2.82. The summed E-state index contributed by atoms with van der Waals surface area (Å²) in [6.07, 6.45) is 0.327. The van der Waals surface area contributed by atoms with Gasteiger partial charge in [-0.2, -0.15) is 0 Å². The second kappa shape index (κ2) is 4.72. The first-order chi connectivity index (χ1) is 6.93. The lowest BCUT2D eigenvalue weighted by Gasteiger charge is -2.23. The Kier molecular flexibility index (Phi) is 3.82. The molecule has 0 fully saturated rings. The number of carbonyl (C=O) groups is 1. The van der Waals surface area contributed by atoms with Gasteiger partial charge in [0.1, 0.15) is 0 Å². The summed E-state index contributed by atoms with van der Waals surface area (Å²) >= 11 is 1.55. The maximum absolute atomic E-state index is 11.6. The van der Waals surface area contributed by atoms with Crippen LogP contribution in [0.1, 0.15) is 24.5 Å². The molecular weight excluding hydrogens is 210 g/mol. The van der Waals surface area contributed by atoms with Crippen molar-refractivity contribution in [3.05, 3.63) is 16.1 Å². The van der Waals surface area contributed by atoms with E-state index in [2.05, 4.69) is 10.3 Å². The Hall–Kier alpha value is -0.940. The molecule has 1 aromatic rings. The van der Waals surface area contributed by atoms with Crippen LogP contribution in [0.15, 0.2) is 5.38 Å². The maximum atomic E-state index is 11.6. The van der Waals surface area contributed by atoms with Crippen LogP contribution in [0.4, 0.5) is 0 Å². The molecule has 15 heavy (non-hydrogen) atoms. The zero-order chi connectivity index (χ0) is 11.5. The molecule has 0 saturated heterocycles. The maximum Gasteiger partial charge on any atom is 0.226 e. The largest absolute Gasteiger partial charge is 0.350 e. The number of nitrogens with two attached hydrogens (primary N) is 1. The highest BCUT2D eigenvalue weighted by molar-refractivity contribution is 7.09. The third-order valence-electron chi connectivity index (χ3n) is 2.00. The summed E-state index contributed by atoms with van der Waals surface area (Å²) in [7, 11) is 0. The van der Waals surface area contributed by atoms with E-state index in [1.807, 2.05) is 26.2 Å². The van der Waals surface area contributed by atoms with E-state index in [0.29, 0.717) is 13.0 Å². The summed E-state index contributed by atoms with van der Waals surface area (Å²) in [6, 6.07) is 0. The summed E-state index contributed by atoms with van der Waals surface area (Å²) in [4.78, 5) is 15.8. The first kappa shape index (κ1) is 12.1. The summed E-state index contributed by atoms with van der Waals surface area (Å²) in [6.45, 7) is 6.15. The minimum Gasteiger partial charge on any atom is -0.350 e. The van der Waals surface area contributed by atoms with E-state index in [1.54, 1.807) is 11.3 Å². The van der Waals surface area contributed by atoms with Gasteiger partial charge in [0.05, 0.1) is 17.1 Å². The van der Waals surface area contributed by atoms with Gasteiger partial charge in [-0.15, -0.1) is 11.3 Å². The smallest absolute Gasteiger partial charge is 0.226 e. The second-order valence-corrected chi connectivity index (χ2v) is 5.23. The number of aromatic nitrogens is 1. The Morgan fingerprint density at radius 1 is 1.67 bits per heavy atom. The molecule has 1 rings (SSSR count). The lowest BCUT2D eigenvalue weighted by Crippen LogP contribution is -2.49. The van der Waals surface area contributed by atoms with Crippen molar-refractivity contribution < 1.29 is 4.79 Å². The highest BCUT2D eigenvalue weighted by Gasteiger charge is 2.18. The molecule has 0 bridgehead atoms. The van der Waals surface area contributed by atoms with E-state index in [0.717, 1.165) is 10.7 Å².